The fraction of sp³-hybridized carbons (Fsp3) is 0.227. The van der Waals surface area contributed by atoms with Gasteiger partial charge in [-0.15, -0.1) is 0 Å². The van der Waals surface area contributed by atoms with Crippen molar-refractivity contribution in [2.45, 2.75) is 13.5 Å². The van der Waals surface area contributed by atoms with Crippen LogP contribution in [0, 0.1) is 0 Å². The number of hydrazine groups is 1. The molecule has 0 radical (unpaired) electrons. The van der Waals surface area contributed by atoms with Gasteiger partial charge >= 0.3 is 5.97 Å². The summed E-state index contributed by atoms with van der Waals surface area (Å²) < 4.78 is 21.2. The largest absolute Gasteiger partial charge is 0.496 e. The van der Waals surface area contributed by atoms with Gasteiger partial charge in [-0.25, -0.2) is 4.79 Å². The first kappa shape index (κ1) is 23.1. The topological polar surface area (TPSA) is 116 Å². The highest BCUT2D eigenvalue weighted by Gasteiger charge is 2.23. The lowest BCUT2D eigenvalue weighted by molar-refractivity contribution is -0.125. The Balaban J connectivity index is 1.60. The summed E-state index contributed by atoms with van der Waals surface area (Å²) in [5, 5.41) is 1.05. The van der Waals surface area contributed by atoms with Crippen molar-refractivity contribution in [2.75, 3.05) is 20.3 Å². The van der Waals surface area contributed by atoms with Crippen LogP contribution in [0.3, 0.4) is 0 Å². The van der Waals surface area contributed by atoms with Gasteiger partial charge in [0.05, 0.1) is 19.3 Å². The second kappa shape index (κ2) is 10.7. The second-order valence-corrected chi connectivity index (χ2v) is 6.90. The van der Waals surface area contributed by atoms with Crippen molar-refractivity contribution < 1.29 is 33.0 Å². The number of nitrogens with one attached hydrogen (secondary N) is 2. The van der Waals surface area contributed by atoms with Crippen LogP contribution in [-0.4, -0.2) is 38.1 Å². The number of ether oxygens (including phenoxy) is 3. The van der Waals surface area contributed by atoms with E-state index in [9.17, 15) is 14.4 Å². The quantitative estimate of drug-likeness (QED) is 0.391. The Kier molecular flexibility index (Phi) is 7.69. The molecule has 1 aromatic heterocycles. The van der Waals surface area contributed by atoms with Crippen molar-refractivity contribution in [3.05, 3.63) is 64.4 Å². The Morgan fingerprint density at radius 1 is 1.09 bits per heavy atom. The zero-order valence-electron chi connectivity index (χ0n) is 17.4. The van der Waals surface area contributed by atoms with E-state index in [-0.39, 0.29) is 23.7 Å². The van der Waals surface area contributed by atoms with Gasteiger partial charge in [0.2, 0.25) is 5.76 Å². The van der Waals surface area contributed by atoms with Gasteiger partial charge in [0, 0.05) is 22.6 Å². The Morgan fingerprint density at radius 2 is 1.88 bits per heavy atom. The standard InChI is InChI=1S/C22H21ClN2O7/c1-3-30-11-16-14-6-4-5-7-18(14)32-20(16)22(28)31-12-19(26)24-25-21(27)15-10-13(23)8-9-17(15)29-2/h4-10H,3,11-12H2,1-2H3,(H,24,26)(H,25,27). The first-order chi connectivity index (χ1) is 15.4. The number of methoxy groups -OCH3 is 1. The van der Waals surface area contributed by atoms with Gasteiger partial charge in [0.1, 0.15) is 11.3 Å². The molecule has 2 aromatic carbocycles. The van der Waals surface area contributed by atoms with E-state index in [1.54, 1.807) is 24.3 Å². The normalized spacial score (nSPS) is 10.6. The Bertz CT molecular complexity index is 1140. The molecule has 0 bridgehead atoms. The van der Waals surface area contributed by atoms with Crippen LogP contribution in [0.15, 0.2) is 46.9 Å². The monoisotopic (exact) mass is 460 g/mol. The van der Waals surface area contributed by atoms with Gasteiger partial charge in [-0.3, -0.25) is 20.4 Å². The summed E-state index contributed by atoms with van der Waals surface area (Å²) >= 11 is 5.90. The molecule has 9 nitrogen and oxygen atoms in total. The molecular formula is C22H21ClN2O7. The van der Waals surface area contributed by atoms with Crippen LogP contribution in [0.2, 0.25) is 5.02 Å². The lowest BCUT2D eigenvalue weighted by Crippen LogP contribution is -2.43. The molecule has 0 aliphatic heterocycles. The highest BCUT2D eigenvalue weighted by Crippen LogP contribution is 2.27. The molecule has 0 unspecified atom stereocenters. The van der Waals surface area contributed by atoms with Gasteiger partial charge in [-0.2, -0.15) is 0 Å². The molecule has 0 aliphatic carbocycles. The average Bonchev–Trinajstić information content (AvgIpc) is 3.18. The maximum absolute atomic E-state index is 12.5. The number of hydrogen-bond acceptors (Lipinski definition) is 7. The number of amides is 2. The molecule has 1 heterocycles. The number of halogens is 1. The van der Waals surface area contributed by atoms with E-state index in [1.165, 1.54) is 19.2 Å². The predicted octanol–water partition coefficient (Wildman–Crippen LogP) is 3.25. The summed E-state index contributed by atoms with van der Waals surface area (Å²) in [6.07, 6.45) is 0. The molecule has 0 atom stereocenters. The molecule has 10 heteroatoms. The third kappa shape index (κ3) is 5.37. The molecule has 32 heavy (non-hydrogen) atoms. The number of carbonyl (C=O) groups is 3. The smallest absolute Gasteiger partial charge is 0.375 e. The van der Waals surface area contributed by atoms with Crippen LogP contribution in [0.25, 0.3) is 11.0 Å². The average molecular weight is 461 g/mol. The minimum Gasteiger partial charge on any atom is -0.496 e. The first-order valence-electron chi connectivity index (χ1n) is 9.62. The Hall–Kier alpha value is -3.56. The lowest BCUT2D eigenvalue weighted by Gasteiger charge is -2.11. The third-order valence-corrected chi connectivity index (χ3v) is 4.63. The molecule has 0 fully saturated rings. The van der Waals surface area contributed by atoms with E-state index in [4.69, 9.17) is 30.2 Å². The maximum Gasteiger partial charge on any atom is 0.375 e. The number of fused-ring (bicyclic) bond motifs is 1. The lowest BCUT2D eigenvalue weighted by atomic mass is 10.1. The molecule has 168 valence electrons. The Morgan fingerprint density at radius 3 is 2.62 bits per heavy atom. The van der Waals surface area contributed by atoms with Crippen LogP contribution < -0.4 is 15.6 Å². The fourth-order valence-electron chi connectivity index (χ4n) is 2.90. The second-order valence-electron chi connectivity index (χ2n) is 6.47. The predicted molar refractivity (Wildman–Crippen MR) is 115 cm³/mol. The van der Waals surface area contributed by atoms with Crippen LogP contribution in [-0.2, 0) is 20.9 Å². The SMILES string of the molecule is CCOCc1c(C(=O)OCC(=O)NNC(=O)c2cc(Cl)ccc2OC)oc2ccccc12. The maximum atomic E-state index is 12.5. The summed E-state index contributed by atoms with van der Waals surface area (Å²) in [5.41, 5.74) is 5.54. The molecule has 2 amide bonds. The van der Waals surface area contributed by atoms with E-state index in [0.29, 0.717) is 22.8 Å². The van der Waals surface area contributed by atoms with Crippen LogP contribution in [0.1, 0.15) is 33.4 Å². The zero-order valence-corrected chi connectivity index (χ0v) is 18.2. The van der Waals surface area contributed by atoms with E-state index in [2.05, 4.69) is 10.9 Å². The molecule has 0 saturated heterocycles. The van der Waals surface area contributed by atoms with Crippen molar-refractivity contribution in [3.63, 3.8) is 0 Å². The van der Waals surface area contributed by atoms with Gasteiger partial charge in [0.15, 0.2) is 6.61 Å². The highest BCUT2D eigenvalue weighted by atomic mass is 35.5. The third-order valence-electron chi connectivity index (χ3n) is 4.39. The summed E-state index contributed by atoms with van der Waals surface area (Å²) in [6, 6.07) is 11.6. The summed E-state index contributed by atoms with van der Waals surface area (Å²) in [5.74, 6) is -2.00. The summed E-state index contributed by atoms with van der Waals surface area (Å²) in [7, 11) is 1.40. The first-order valence-corrected chi connectivity index (χ1v) is 10.00. The Labute approximate surface area is 188 Å². The molecular weight excluding hydrogens is 440 g/mol. The molecule has 0 aliphatic rings. The van der Waals surface area contributed by atoms with E-state index >= 15 is 0 Å². The molecule has 2 N–H and O–H groups in total. The minimum absolute atomic E-state index is 0.0415. The van der Waals surface area contributed by atoms with Gasteiger partial charge in [-0.05, 0) is 31.2 Å². The van der Waals surface area contributed by atoms with E-state index < -0.39 is 24.4 Å². The number of furan rings is 1. The molecule has 0 saturated carbocycles. The number of para-hydroxylation sites is 1. The number of rotatable bonds is 8. The van der Waals surface area contributed by atoms with Crippen molar-refractivity contribution in [1.29, 1.82) is 0 Å². The van der Waals surface area contributed by atoms with Gasteiger partial charge < -0.3 is 18.6 Å². The minimum atomic E-state index is -0.825. The van der Waals surface area contributed by atoms with Gasteiger partial charge in [-0.1, -0.05) is 29.8 Å². The van der Waals surface area contributed by atoms with Crippen LogP contribution >= 0.6 is 11.6 Å². The number of esters is 1. The number of hydrogen-bond donors (Lipinski definition) is 2. The fourth-order valence-corrected chi connectivity index (χ4v) is 3.07. The van der Waals surface area contributed by atoms with Crippen molar-refractivity contribution in [1.82, 2.24) is 10.9 Å². The molecule has 3 rings (SSSR count). The summed E-state index contributed by atoms with van der Waals surface area (Å²) in [6.45, 7) is 1.80. The van der Waals surface area contributed by atoms with E-state index in [1.807, 2.05) is 13.0 Å². The van der Waals surface area contributed by atoms with E-state index in [0.717, 1.165) is 5.39 Å². The highest BCUT2D eigenvalue weighted by molar-refractivity contribution is 6.31. The summed E-state index contributed by atoms with van der Waals surface area (Å²) in [4.78, 5) is 36.8. The van der Waals surface area contributed by atoms with Gasteiger partial charge in [0.25, 0.3) is 11.8 Å². The molecule has 0 spiro atoms. The number of carbonyl (C=O) groups excluding carboxylic acids is 3. The van der Waals surface area contributed by atoms with Crippen molar-refractivity contribution in [2.24, 2.45) is 0 Å². The number of benzene rings is 2. The molecule has 3 aromatic rings. The van der Waals surface area contributed by atoms with Crippen molar-refractivity contribution >= 4 is 40.4 Å². The van der Waals surface area contributed by atoms with Crippen molar-refractivity contribution in [3.8, 4) is 5.75 Å². The van der Waals surface area contributed by atoms with Crippen LogP contribution in [0.4, 0.5) is 0 Å². The van der Waals surface area contributed by atoms with Crippen LogP contribution in [0.5, 0.6) is 5.75 Å². The zero-order chi connectivity index (χ0) is 23.1.